The molecule has 0 fully saturated rings. The molecule has 3 rings (SSSR count). The third-order valence-electron chi connectivity index (χ3n) is 4.61. The second-order valence-corrected chi connectivity index (χ2v) is 6.76. The van der Waals surface area contributed by atoms with Crippen LogP contribution >= 0.6 is 0 Å². The Balaban J connectivity index is 1.52. The number of nitrogens with one attached hydrogen (secondary N) is 1. The highest BCUT2D eigenvalue weighted by Gasteiger charge is 2.08. The van der Waals surface area contributed by atoms with Gasteiger partial charge >= 0.3 is 0 Å². The van der Waals surface area contributed by atoms with Crippen molar-refractivity contribution in [2.75, 3.05) is 13.2 Å². The Morgan fingerprint density at radius 3 is 2.75 bits per heavy atom. The lowest BCUT2D eigenvalue weighted by Crippen LogP contribution is -2.16. The minimum atomic E-state index is 0.540. The Hall–Kier alpha value is -2.79. The first-order valence-electron chi connectivity index (χ1n) is 9.85. The van der Waals surface area contributed by atoms with Gasteiger partial charge < -0.3 is 19.4 Å². The first kappa shape index (κ1) is 20.0. The molecule has 0 bridgehead atoms. The number of rotatable bonds is 11. The molecule has 0 spiro atoms. The lowest BCUT2D eigenvalue weighted by atomic mass is 10.1. The number of aryl methyl sites for hydroxylation is 2. The van der Waals surface area contributed by atoms with Gasteiger partial charge in [0.25, 0.3) is 0 Å². The molecule has 1 aromatic heterocycles. The summed E-state index contributed by atoms with van der Waals surface area (Å²) in [6.07, 6.45) is 6.71. The molecule has 0 atom stereocenters. The van der Waals surface area contributed by atoms with Crippen LogP contribution in [-0.4, -0.2) is 22.7 Å². The Morgan fingerprint density at radius 2 is 1.96 bits per heavy atom. The molecule has 1 N–H and O–H groups in total. The molecule has 5 nitrogen and oxygen atoms in total. The molecule has 0 aliphatic rings. The quantitative estimate of drug-likeness (QED) is 0.503. The Labute approximate surface area is 167 Å². The number of hydrogen-bond donors (Lipinski definition) is 1. The van der Waals surface area contributed by atoms with Crippen LogP contribution in [0, 0.1) is 6.92 Å². The summed E-state index contributed by atoms with van der Waals surface area (Å²) in [7, 11) is 0. The van der Waals surface area contributed by atoms with Crippen molar-refractivity contribution in [2.45, 2.75) is 40.0 Å². The predicted octanol–water partition coefficient (Wildman–Crippen LogP) is 4.35. The van der Waals surface area contributed by atoms with E-state index in [1.807, 2.05) is 43.8 Å². The maximum Gasteiger partial charge on any atom is 0.161 e. The summed E-state index contributed by atoms with van der Waals surface area (Å²) in [6.45, 7) is 7.98. The minimum absolute atomic E-state index is 0.540. The largest absolute Gasteiger partial charge is 0.490 e. The molecular weight excluding hydrogens is 350 g/mol. The van der Waals surface area contributed by atoms with Crippen LogP contribution in [0.2, 0.25) is 0 Å². The number of ether oxygens (including phenoxy) is 2. The zero-order valence-corrected chi connectivity index (χ0v) is 16.7. The van der Waals surface area contributed by atoms with Gasteiger partial charge in [0.1, 0.15) is 6.61 Å². The molecule has 0 unspecified atom stereocenters. The van der Waals surface area contributed by atoms with Crippen LogP contribution in [0.1, 0.15) is 30.0 Å². The predicted molar refractivity (Wildman–Crippen MR) is 112 cm³/mol. The van der Waals surface area contributed by atoms with Crippen LogP contribution in [0.3, 0.4) is 0 Å². The summed E-state index contributed by atoms with van der Waals surface area (Å²) >= 11 is 0. The molecule has 0 saturated heterocycles. The molecule has 2 aromatic carbocycles. The summed E-state index contributed by atoms with van der Waals surface area (Å²) < 4.78 is 13.9. The summed E-state index contributed by atoms with van der Waals surface area (Å²) in [4.78, 5) is 4.06. The van der Waals surface area contributed by atoms with Crippen molar-refractivity contribution < 1.29 is 9.47 Å². The molecule has 0 saturated carbocycles. The Morgan fingerprint density at radius 1 is 1.07 bits per heavy atom. The normalized spacial score (nSPS) is 10.8. The number of aromatic nitrogens is 2. The van der Waals surface area contributed by atoms with Crippen molar-refractivity contribution in [1.29, 1.82) is 0 Å². The third-order valence-corrected chi connectivity index (χ3v) is 4.61. The zero-order valence-electron chi connectivity index (χ0n) is 16.7. The number of imidazole rings is 1. The molecule has 5 heteroatoms. The average Bonchev–Trinajstić information content (AvgIpc) is 3.22. The van der Waals surface area contributed by atoms with E-state index in [0.717, 1.165) is 37.6 Å². The standard InChI is InChI=1S/C23H29N3O2/c1-3-27-23-15-20(16-24-11-6-13-26-14-12-25-18-26)9-10-22(23)28-17-21-8-5-4-7-19(21)2/h4-5,7-10,12,14-15,18,24H,3,6,11,13,16-17H2,1-2H3. The van der Waals surface area contributed by atoms with E-state index >= 15 is 0 Å². The van der Waals surface area contributed by atoms with Gasteiger partial charge in [-0.2, -0.15) is 0 Å². The molecule has 1 heterocycles. The third kappa shape index (κ3) is 5.86. The number of benzene rings is 2. The second kappa shape index (κ2) is 10.5. The van der Waals surface area contributed by atoms with E-state index in [0.29, 0.717) is 13.2 Å². The van der Waals surface area contributed by atoms with Crippen molar-refractivity contribution in [1.82, 2.24) is 14.9 Å². The van der Waals surface area contributed by atoms with Crippen molar-refractivity contribution in [3.63, 3.8) is 0 Å². The van der Waals surface area contributed by atoms with E-state index in [-0.39, 0.29) is 0 Å². The van der Waals surface area contributed by atoms with Gasteiger partial charge in [-0.05, 0) is 55.6 Å². The number of hydrogen-bond acceptors (Lipinski definition) is 4. The summed E-state index contributed by atoms with van der Waals surface area (Å²) in [6, 6.07) is 14.4. The van der Waals surface area contributed by atoms with Crippen LogP contribution in [-0.2, 0) is 19.7 Å². The fourth-order valence-electron chi connectivity index (χ4n) is 3.02. The Kier molecular flexibility index (Phi) is 7.50. The fourth-order valence-corrected chi connectivity index (χ4v) is 3.02. The van der Waals surface area contributed by atoms with Gasteiger partial charge in [-0.1, -0.05) is 30.3 Å². The van der Waals surface area contributed by atoms with Gasteiger partial charge in [-0.25, -0.2) is 4.98 Å². The Bertz CT molecular complexity index is 847. The van der Waals surface area contributed by atoms with Crippen molar-refractivity contribution >= 4 is 0 Å². The van der Waals surface area contributed by atoms with Gasteiger partial charge in [0.2, 0.25) is 0 Å². The topological polar surface area (TPSA) is 48.3 Å². The highest BCUT2D eigenvalue weighted by atomic mass is 16.5. The summed E-state index contributed by atoms with van der Waals surface area (Å²) in [5.41, 5.74) is 3.61. The number of nitrogens with zero attached hydrogens (tertiary/aromatic N) is 2. The highest BCUT2D eigenvalue weighted by Crippen LogP contribution is 2.29. The van der Waals surface area contributed by atoms with Crippen LogP contribution in [0.5, 0.6) is 11.5 Å². The van der Waals surface area contributed by atoms with Crippen LogP contribution in [0.15, 0.2) is 61.2 Å². The van der Waals surface area contributed by atoms with Gasteiger partial charge in [-0.15, -0.1) is 0 Å². The van der Waals surface area contributed by atoms with Crippen molar-refractivity contribution in [3.8, 4) is 11.5 Å². The second-order valence-electron chi connectivity index (χ2n) is 6.76. The van der Waals surface area contributed by atoms with E-state index < -0.39 is 0 Å². The fraction of sp³-hybridized carbons (Fsp3) is 0.348. The molecule has 28 heavy (non-hydrogen) atoms. The molecular formula is C23H29N3O2. The molecule has 3 aromatic rings. The van der Waals surface area contributed by atoms with Gasteiger partial charge in [-0.3, -0.25) is 0 Å². The van der Waals surface area contributed by atoms with E-state index in [4.69, 9.17) is 9.47 Å². The molecule has 0 aliphatic carbocycles. The summed E-state index contributed by atoms with van der Waals surface area (Å²) in [5, 5.41) is 3.49. The van der Waals surface area contributed by atoms with Crippen LogP contribution < -0.4 is 14.8 Å². The molecule has 0 radical (unpaired) electrons. The van der Waals surface area contributed by atoms with Gasteiger partial charge in [0.15, 0.2) is 11.5 Å². The van der Waals surface area contributed by atoms with E-state index in [1.54, 1.807) is 0 Å². The average molecular weight is 380 g/mol. The monoisotopic (exact) mass is 379 g/mol. The molecule has 148 valence electrons. The van der Waals surface area contributed by atoms with Crippen LogP contribution in [0.4, 0.5) is 0 Å². The van der Waals surface area contributed by atoms with E-state index in [9.17, 15) is 0 Å². The van der Waals surface area contributed by atoms with Crippen LogP contribution in [0.25, 0.3) is 0 Å². The van der Waals surface area contributed by atoms with Crippen molar-refractivity contribution in [3.05, 3.63) is 77.9 Å². The van der Waals surface area contributed by atoms with E-state index in [1.165, 1.54) is 16.7 Å². The maximum atomic E-state index is 6.04. The smallest absolute Gasteiger partial charge is 0.161 e. The van der Waals surface area contributed by atoms with Gasteiger partial charge in [0.05, 0.1) is 12.9 Å². The molecule has 0 amide bonds. The van der Waals surface area contributed by atoms with E-state index in [2.05, 4.69) is 46.1 Å². The van der Waals surface area contributed by atoms with Crippen molar-refractivity contribution in [2.24, 2.45) is 0 Å². The zero-order chi connectivity index (χ0) is 19.6. The lowest BCUT2D eigenvalue weighted by Gasteiger charge is -2.14. The first-order valence-corrected chi connectivity index (χ1v) is 9.85. The lowest BCUT2D eigenvalue weighted by molar-refractivity contribution is 0.268. The highest BCUT2D eigenvalue weighted by molar-refractivity contribution is 5.43. The summed E-state index contributed by atoms with van der Waals surface area (Å²) in [5.74, 6) is 1.59. The minimum Gasteiger partial charge on any atom is -0.490 e. The van der Waals surface area contributed by atoms with Gasteiger partial charge in [0, 0.05) is 25.5 Å². The SMILES string of the molecule is CCOc1cc(CNCCCn2ccnc2)ccc1OCc1ccccc1C. The maximum absolute atomic E-state index is 6.04. The first-order chi connectivity index (χ1) is 13.8. The molecule has 0 aliphatic heterocycles.